The Morgan fingerprint density at radius 3 is 2.33 bits per heavy atom. The number of amides is 2. The molecule has 2 rings (SSSR count). The Bertz CT molecular complexity index is 615. The molecular weight excluding hydrogens is 308 g/mol. The highest BCUT2D eigenvalue weighted by Crippen LogP contribution is 2.25. The molecule has 2 amide bonds. The summed E-state index contributed by atoms with van der Waals surface area (Å²) in [5.41, 5.74) is 2.72. The summed E-state index contributed by atoms with van der Waals surface area (Å²) >= 11 is 0. The molecule has 132 valence electrons. The van der Waals surface area contributed by atoms with Gasteiger partial charge >= 0.3 is 6.09 Å². The van der Waals surface area contributed by atoms with Crippen LogP contribution in [-0.2, 0) is 4.74 Å². The van der Waals surface area contributed by atoms with E-state index in [0.29, 0.717) is 44.1 Å². The van der Waals surface area contributed by atoms with Gasteiger partial charge in [0.25, 0.3) is 5.91 Å². The van der Waals surface area contributed by atoms with Gasteiger partial charge in [-0.25, -0.2) is 4.79 Å². The topological polar surface area (TPSA) is 59.1 Å². The van der Waals surface area contributed by atoms with Crippen LogP contribution < -0.4 is 4.74 Å². The van der Waals surface area contributed by atoms with E-state index in [1.807, 2.05) is 26.0 Å². The number of hydrogen-bond donors (Lipinski definition) is 0. The van der Waals surface area contributed by atoms with Gasteiger partial charge in [-0.2, -0.15) is 0 Å². The van der Waals surface area contributed by atoms with Crippen molar-refractivity contribution in [2.45, 2.75) is 27.2 Å². The van der Waals surface area contributed by atoms with Gasteiger partial charge in [-0.15, -0.1) is 0 Å². The van der Waals surface area contributed by atoms with Crippen molar-refractivity contribution in [3.05, 3.63) is 28.8 Å². The van der Waals surface area contributed by atoms with E-state index in [0.717, 1.165) is 17.5 Å². The van der Waals surface area contributed by atoms with Crippen molar-refractivity contribution >= 4 is 12.0 Å². The molecule has 0 aromatic heterocycles. The van der Waals surface area contributed by atoms with Crippen molar-refractivity contribution in [1.29, 1.82) is 0 Å². The van der Waals surface area contributed by atoms with E-state index < -0.39 is 0 Å². The van der Waals surface area contributed by atoms with E-state index >= 15 is 0 Å². The lowest BCUT2D eigenvalue weighted by atomic mass is 10.0. The largest absolute Gasteiger partial charge is 0.496 e. The lowest BCUT2D eigenvalue weighted by Crippen LogP contribution is -2.37. The number of rotatable bonds is 3. The van der Waals surface area contributed by atoms with Crippen molar-refractivity contribution in [3.8, 4) is 5.75 Å². The van der Waals surface area contributed by atoms with Gasteiger partial charge in [0.2, 0.25) is 0 Å². The number of carbonyl (C=O) groups excluding carboxylic acids is 2. The van der Waals surface area contributed by atoms with Crippen LogP contribution in [0.3, 0.4) is 0 Å². The van der Waals surface area contributed by atoms with Crippen LogP contribution in [0, 0.1) is 13.8 Å². The van der Waals surface area contributed by atoms with Crippen LogP contribution in [0.4, 0.5) is 4.79 Å². The first-order valence-corrected chi connectivity index (χ1v) is 8.34. The summed E-state index contributed by atoms with van der Waals surface area (Å²) in [6.07, 6.45) is 0.424. The summed E-state index contributed by atoms with van der Waals surface area (Å²) in [5.74, 6) is 0.537. The highest BCUT2D eigenvalue weighted by molar-refractivity contribution is 5.97. The van der Waals surface area contributed by atoms with Crippen molar-refractivity contribution in [2.24, 2.45) is 0 Å². The van der Waals surface area contributed by atoms with E-state index in [4.69, 9.17) is 9.47 Å². The summed E-state index contributed by atoms with van der Waals surface area (Å²) in [6.45, 7) is 8.32. The summed E-state index contributed by atoms with van der Waals surface area (Å²) in [4.78, 5) is 28.2. The fourth-order valence-electron chi connectivity index (χ4n) is 2.81. The quantitative estimate of drug-likeness (QED) is 0.852. The van der Waals surface area contributed by atoms with Crippen LogP contribution in [0.15, 0.2) is 12.1 Å². The summed E-state index contributed by atoms with van der Waals surface area (Å²) in [7, 11) is 1.58. The van der Waals surface area contributed by atoms with Gasteiger partial charge in [0.15, 0.2) is 0 Å². The summed E-state index contributed by atoms with van der Waals surface area (Å²) in [6, 6.07) is 3.77. The van der Waals surface area contributed by atoms with E-state index in [1.54, 1.807) is 23.8 Å². The van der Waals surface area contributed by atoms with Gasteiger partial charge in [-0.3, -0.25) is 4.79 Å². The van der Waals surface area contributed by atoms with Crippen molar-refractivity contribution < 1.29 is 19.1 Å². The molecule has 0 bridgehead atoms. The Labute approximate surface area is 143 Å². The van der Waals surface area contributed by atoms with Crippen molar-refractivity contribution in [3.63, 3.8) is 0 Å². The summed E-state index contributed by atoms with van der Waals surface area (Å²) in [5, 5.41) is 0. The molecule has 1 aliphatic heterocycles. The Morgan fingerprint density at radius 2 is 1.67 bits per heavy atom. The minimum atomic E-state index is -0.310. The molecule has 6 nitrogen and oxygen atoms in total. The molecule has 0 saturated carbocycles. The third kappa shape index (κ3) is 3.99. The zero-order chi connectivity index (χ0) is 17.7. The Kier molecular flexibility index (Phi) is 6.06. The molecular formula is C18H26N2O4. The molecule has 1 aromatic carbocycles. The van der Waals surface area contributed by atoms with Crippen LogP contribution in [0.25, 0.3) is 0 Å². The average Bonchev–Trinajstić information content (AvgIpc) is 2.82. The number of aryl methyl sites for hydroxylation is 2. The predicted octanol–water partition coefficient (Wildman–Crippen LogP) is 2.62. The van der Waals surface area contributed by atoms with Crippen LogP contribution in [0.1, 0.15) is 34.8 Å². The van der Waals surface area contributed by atoms with Gasteiger partial charge in [-0.05, 0) is 50.5 Å². The first-order chi connectivity index (χ1) is 11.5. The molecule has 0 spiro atoms. The Balaban J connectivity index is 2.13. The third-order valence-corrected chi connectivity index (χ3v) is 4.36. The highest BCUT2D eigenvalue weighted by atomic mass is 16.6. The summed E-state index contributed by atoms with van der Waals surface area (Å²) < 4.78 is 10.4. The molecule has 1 aromatic rings. The molecule has 1 heterocycles. The fraction of sp³-hybridized carbons (Fsp3) is 0.556. The first kappa shape index (κ1) is 18.1. The smallest absolute Gasteiger partial charge is 0.409 e. The van der Waals surface area contributed by atoms with Crippen molar-refractivity contribution in [1.82, 2.24) is 9.80 Å². The number of benzene rings is 1. The van der Waals surface area contributed by atoms with Gasteiger partial charge in [0, 0.05) is 26.2 Å². The van der Waals surface area contributed by atoms with Gasteiger partial charge < -0.3 is 19.3 Å². The molecule has 0 unspecified atom stereocenters. The van der Waals surface area contributed by atoms with E-state index in [1.165, 1.54) is 0 Å². The minimum Gasteiger partial charge on any atom is -0.496 e. The lowest BCUT2D eigenvalue weighted by Gasteiger charge is -2.23. The maximum atomic E-state index is 12.9. The van der Waals surface area contributed by atoms with Crippen LogP contribution >= 0.6 is 0 Å². The van der Waals surface area contributed by atoms with Gasteiger partial charge in [0.1, 0.15) is 5.75 Å². The highest BCUT2D eigenvalue weighted by Gasteiger charge is 2.25. The third-order valence-electron chi connectivity index (χ3n) is 4.36. The molecule has 0 aliphatic carbocycles. The number of methoxy groups -OCH3 is 1. The minimum absolute atomic E-state index is 0.0549. The number of ether oxygens (including phenoxy) is 2. The second kappa shape index (κ2) is 8.04. The first-order valence-electron chi connectivity index (χ1n) is 8.34. The number of carbonyl (C=O) groups is 2. The van der Waals surface area contributed by atoms with E-state index in [-0.39, 0.29) is 12.0 Å². The standard InChI is InChI=1S/C18H26N2O4/c1-5-24-18(22)20-8-6-7-19(9-10-20)17(21)15-11-13(2)14(3)12-16(15)23-4/h11-12H,5-10H2,1-4H3. The van der Waals surface area contributed by atoms with Crippen molar-refractivity contribution in [2.75, 3.05) is 39.9 Å². The Morgan fingerprint density at radius 1 is 1.04 bits per heavy atom. The molecule has 1 aliphatic rings. The average molecular weight is 334 g/mol. The molecule has 0 N–H and O–H groups in total. The fourth-order valence-corrected chi connectivity index (χ4v) is 2.81. The van der Waals surface area contributed by atoms with E-state index in [2.05, 4.69) is 0 Å². The molecule has 0 radical (unpaired) electrons. The molecule has 0 atom stereocenters. The monoisotopic (exact) mass is 334 g/mol. The Hall–Kier alpha value is -2.24. The normalized spacial score (nSPS) is 15.0. The SMILES string of the molecule is CCOC(=O)N1CCCN(C(=O)c2cc(C)c(C)cc2OC)CC1. The predicted molar refractivity (Wildman–Crippen MR) is 91.6 cm³/mol. The molecule has 1 fully saturated rings. The second-order valence-electron chi connectivity index (χ2n) is 5.97. The number of hydrogen-bond acceptors (Lipinski definition) is 4. The maximum absolute atomic E-state index is 12.9. The molecule has 24 heavy (non-hydrogen) atoms. The van der Waals surface area contributed by atoms with Crippen LogP contribution in [-0.4, -0.2) is 61.7 Å². The van der Waals surface area contributed by atoms with Crippen LogP contribution in [0.5, 0.6) is 5.75 Å². The second-order valence-corrected chi connectivity index (χ2v) is 5.97. The molecule has 1 saturated heterocycles. The number of nitrogens with zero attached hydrogens (tertiary/aromatic N) is 2. The van der Waals surface area contributed by atoms with E-state index in [9.17, 15) is 9.59 Å². The van der Waals surface area contributed by atoms with Gasteiger partial charge in [0.05, 0.1) is 19.3 Å². The molecule has 6 heteroatoms. The van der Waals surface area contributed by atoms with Crippen LogP contribution in [0.2, 0.25) is 0 Å². The zero-order valence-electron chi connectivity index (χ0n) is 14.9. The van der Waals surface area contributed by atoms with Gasteiger partial charge in [-0.1, -0.05) is 0 Å². The zero-order valence-corrected chi connectivity index (χ0v) is 14.9. The maximum Gasteiger partial charge on any atom is 0.409 e. The lowest BCUT2D eigenvalue weighted by molar-refractivity contribution is 0.0750.